The zero-order valence-electron chi connectivity index (χ0n) is 24.0. The number of benzene rings is 1. The maximum absolute atomic E-state index is 10.2. The van der Waals surface area contributed by atoms with E-state index >= 15 is 0 Å². The van der Waals surface area contributed by atoms with Gasteiger partial charge in [-0.3, -0.25) is 4.55 Å². The molecule has 1 atom stereocenters. The average molecular weight is 586 g/mol. The van der Waals surface area contributed by atoms with E-state index < -0.39 is 21.3 Å². The molecular formula is C28H49ClNNaO6S. The number of hydrogen-bond donors (Lipinski definition) is 3. The van der Waals surface area contributed by atoms with Gasteiger partial charge in [0.1, 0.15) is 5.75 Å². The van der Waals surface area contributed by atoms with Gasteiger partial charge >= 0.3 is 29.6 Å². The van der Waals surface area contributed by atoms with Crippen LogP contribution in [0, 0.1) is 6.92 Å². The monoisotopic (exact) mass is 585 g/mol. The fourth-order valence-electron chi connectivity index (χ4n) is 3.09. The number of aliphatic carboxylic acids is 1. The Morgan fingerprint density at radius 1 is 1.00 bits per heavy atom. The summed E-state index contributed by atoms with van der Waals surface area (Å²) in [5, 5.41) is 18.9. The molecule has 0 aliphatic rings. The van der Waals surface area contributed by atoms with Crippen LogP contribution in [0.3, 0.4) is 0 Å². The Morgan fingerprint density at radius 2 is 1.47 bits per heavy atom. The molecule has 38 heavy (non-hydrogen) atoms. The van der Waals surface area contributed by atoms with Gasteiger partial charge in [0.05, 0.1) is 5.25 Å². The van der Waals surface area contributed by atoms with E-state index in [-0.39, 0.29) is 48.3 Å². The van der Waals surface area contributed by atoms with Crippen molar-refractivity contribution < 1.29 is 57.5 Å². The number of aromatic hydroxyl groups is 1. The molecule has 216 valence electrons. The van der Waals surface area contributed by atoms with Crippen LogP contribution < -0.4 is 40.4 Å². The Balaban J connectivity index is -0.000000560. The number of carbonyl (C=O) groups is 1. The first-order valence-corrected chi connectivity index (χ1v) is 15.3. The van der Waals surface area contributed by atoms with E-state index in [4.69, 9.17) is 27.0 Å². The molecule has 1 aromatic rings. The third-order valence-electron chi connectivity index (χ3n) is 5.62. The molecule has 0 amide bonds. The van der Waals surface area contributed by atoms with Gasteiger partial charge in [-0.05, 0) is 76.1 Å². The van der Waals surface area contributed by atoms with Crippen molar-refractivity contribution in [2.45, 2.75) is 116 Å². The fraction of sp³-hybridized carbons (Fsp3) is 0.679. The number of rotatable bonds is 17. The van der Waals surface area contributed by atoms with Gasteiger partial charge in [0.25, 0.3) is 10.1 Å². The van der Waals surface area contributed by atoms with Crippen LogP contribution in [0.1, 0.15) is 109 Å². The third kappa shape index (κ3) is 29.9. The second kappa shape index (κ2) is 27.9. The molecule has 0 bridgehead atoms. The maximum Gasteiger partial charge on any atom is 1.00 e. The minimum Gasteiger partial charge on any atom is -0.550 e. The maximum atomic E-state index is 10.2. The van der Waals surface area contributed by atoms with Crippen molar-refractivity contribution in [2.75, 3.05) is 6.54 Å². The van der Waals surface area contributed by atoms with E-state index in [0.29, 0.717) is 5.02 Å². The number of halogens is 1. The SMILES string of the molecule is CC(CN)S(=O)(=O)O.CCCCCCCCC=CCCCCCCCC(=O)[O-].Cc1cc(O)ccc1Cl.[Na+]. The van der Waals surface area contributed by atoms with Gasteiger partial charge in [-0.1, -0.05) is 82.0 Å². The van der Waals surface area contributed by atoms with E-state index in [1.54, 1.807) is 18.2 Å². The van der Waals surface area contributed by atoms with Crippen molar-refractivity contribution in [3.63, 3.8) is 0 Å². The van der Waals surface area contributed by atoms with Crippen LogP contribution in [0.25, 0.3) is 0 Å². The van der Waals surface area contributed by atoms with E-state index in [9.17, 15) is 18.3 Å². The molecular weight excluding hydrogens is 537 g/mol. The second-order valence-corrected chi connectivity index (χ2v) is 11.4. The van der Waals surface area contributed by atoms with Crippen LogP contribution in [0.4, 0.5) is 0 Å². The minimum absolute atomic E-state index is 0. The zero-order valence-corrected chi connectivity index (χ0v) is 27.5. The first-order valence-electron chi connectivity index (χ1n) is 13.4. The number of phenols is 1. The van der Waals surface area contributed by atoms with Gasteiger partial charge in [-0.25, -0.2) is 0 Å². The van der Waals surface area contributed by atoms with Crippen LogP contribution in [0.15, 0.2) is 30.4 Å². The van der Waals surface area contributed by atoms with Crippen molar-refractivity contribution in [1.82, 2.24) is 0 Å². The summed E-state index contributed by atoms with van der Waals surface area (Å²) in [5.74, 6) is -0.653. The molecule has 0 radical (unpaired) electrons. The standard InChI is InChI=1S/C18H34O2.C7H7ClO.C3H9NO3S.Na/c1-2-3-4-5-6-7-8-9-10-11-12-13-14-15-16-17-18(19)20;1-5-4-6(9)2-3-7(5)8;1-3(2-4)8(5,6)7;/h9-10H,2-8,11-17H2,1H3,(H,19,20);2-4,9H,1H3;3H,2,4H2,1H3,(H,5,6,7);/q;;;+1/p-1. The van der Waals surface area contributed by atoms with Crippen molar-refractivity contribution in [1.29, 1.82) is 0 Å². The summed E-state index contributed by atoms with van der Waals surface area (Å²) in [6.45, 7) is 5.41. The summed E-state index contributed by atoms with van der Waals surface area (Å²) in [7, 11) is -3.88. The summed E-state index contributed by atoms with van der Waals surface area (Å²) < 4.78 is 28.3. The molecule has 4 N–H and O–H groups in total. The van der Waals surface area contributed by atoms with Gasteiger partial charge in [-0.2, -0.15) is 8.42 Å². The molecule has 7 nitrogen and oxygen atoms in total. The summed E-state index contributed by atoms with van der Waals surface area (Å²) in [4.78, 5) is 10.2. The molecule has 1 unspecified atom stereocenters. The Morgan fingerprint density at radius 3 is 1.84 bits per heavy atom. The van der Waals surface area contributed by atoms with E-state index in [1.807, 2.05) is 6.92 Å². The molecule has 0 saturated heterocycles. The molecule has 0 fully saturated rings. The van der Waals surface area contributed by atoms with Crippen molar-refractivity contribution in [3.05, 3.63) is 40.9 Å². The number of carbonyl (C=O) groups excluding carboxylic acids is 1. The summed E-state index contributed by atoms with van der Waals surface area (Å²) >= 11 is 5.67. The molecule has 0 aliphatic carbocycles. The van der Waals surface area contributed by atoms with Crippen molar-refractivity contribution >= 4 is 27.7 Å². The number of aryl methyl sites for hydroxylation is 1. The van der Waals surface area contributed by atoms with Crippen LogP contribution >= 0.6 is 11.6 Å². The molecule has 0 saturated carbocycles. The Bertz CT molecular complexity index is 837. The predicted octanol–water partition coefficient (Wildman–Crippen LogP) is 3.35. The number of nitrogens with two attached hydrogens (primary N) is 1. The van der Waals surface area contributed by atoms with E-state index in [0.717, 1.165) is 24.8 Å². The largest absolute Gasteiger partial charge is 1.00 e. The van der Waals surface area contributed by atoms with Crippen LogP contribution in [-0.2, 0) is 14.9 Å². The topological polar surface area (TPSA) is 141 Å². The molecule has 0 aromatic heterocycles. The summed E-state index contributed by atoms with van der Waals surface area (Å²) in [6.07, 6.45) is 20.9. The van der Waals surface area contributed by atoms with Crippen LogP contribution in [0.2, 0.25) is 5.02 Å². The van der Waals surface area contributed by atoms with Crippen molar-refractivity contribution in [3.8, 4) is 5.75 Å². The smallest absolute Gasteiger partial charge is 0.550 e. The Labute approximate surface area is 258 Å². The molecule has 0 spiro atoms. The van der Waals surface area contributed by atoms with Gasteiger partial charge in [0.15, 0.2) is 0 Å². The Hall–Kier alpha value is -0.610. The normalized spacial score (nSPS) is 11.5. The molecule has 1 aromatic carbocycles. The number of phenolic OH excluding ortho intramolecular Hbond substituents is 1. The summed E-state index contributed by atoms with van der Waals surface area (Å²) in [6, 6.07) is 4.86. The number of allylic oxidation sites excluding steroid dienone is 2. The second-order valence-electron chi connectivity index (χ2n) is 9.20. The predicted molar refractivity (Wildman–Crippen MR) is 152 cm³/mol. The minimum atomic E-state index is -3.88. The van der Waals surface area contributed by atoms with Gasteiger partial charge in [-0.15, -0.1) is 0 Å². The zero-order chi connectivity index (χ0) is 28.5. The van der Waals surface area contributed by atoms with Gasteiger partial charge in [0.2, 0.25) is 0 Å². The van der Waals surface area contributed by atoms with E-state index in [2.05, 4.69) is 19.1 Å². The first-order chi connectivity index (χ1) is 17.4. The number of hydrogen-bond acceptors (Lipinski definition) is 6. The third-order valence-corrected chi connectivity index (χ3v) is 7.26. The fourth-order valence-corrected chi connectivity index (χ4v) is 3.45. The summed E-state index contributed by atoms with van der Waals surface area (Å²) in [5.41, 5.74) is 5.82. The molecule has 10 heteroatoms. The number of unbranched alkanes of at least 4 members (excludes halogenated alkanes) is 11. The van der Waals surface area contributed by atoms with Crippen LogP contribution in [0.5, 0.6) is 5.75 Å². The molecule has 0 aliphatic heterocycles. The number of carboxylic acids is 1. The average Bonchev–Trinajstić information content (AvgIpc) is 2.83. The van der Waals surface area contributed by atoms with Gasteiger partial charge in [0, 0.05) is 17.5 Å². The van der Waals surface area contributed by atoms with Crippen LogP contribution in [-0.4, -0.2) is 35.8 Å². The Kier molecular flexibility index (Phi) is 30.8. The molecule has 1 rings (SSSR count). The van der Waals surface area contributed by atoms with Crippen molar-refractivity contribution in [2.24, 2.45) is 5.73 Å². The quantitative estimate of drug-likeness (QED) is 0.110. The number of carboxylic acid groups (broad SMARTS) is 1. The first kappa shape index (κ1) is 41.9. The van der Waals surface area contributed by atoms with E-state index in [1.165, 1.54) is 71.1 Å². The van der Waals surface area contributed by atoms with Gasteiger partial charge < -0.3 is 20.7 Å². The molecule has 0 heterocycles.